The molecule has 1 atom stereocenters. The van der Waals surface area contributed by atoms with Gasteiger partial charge in [-0.15, -0.1) is 11.3 Å². The zero-order valence-corrected chi connectivity index (χ0v) is 16.0. The number of carbonyl (C=O) groups excluding carboxylic acids is 1. The number of fused-ring (bicyclic) bond motifs is 1. The highest BCUT2D eigenvalue weighted by Crippen LogP contribution is 2.25. The molecule has 0 aliphatic carbocycles. The molecule has 7 nitrogen and oxygen atoms in total. The molecule has 1 aliphatic heterocycles. The molecule has 1 aliphatic rings. The predicted molar refractivity (Wildman–Crippen MR) is 109 cm³/mol. The van der Waals surface area contributed by atoms with Gasteiger partial charge in [0.05, 0.1) is 23.7 Å². The van der Waals surface area contributed by atoms with Gasteiger partial charge in [-0.1, -0.05) is 18.2 Å². The lowest BCUT2D eigenvalue weighted by atomic mass is 10.1. The predicted octanol–water partition coefficient (Wildman–Crippen LogP) is 2.12. The monoisotopic (exact) mass is 393 g/mol. The lowest BCUT2D eigenvalue weighted by Gasteiger charge is -2.33. The van der Waals surface area contributed by atoms with Crippen LogP contribution >= 0.6 is 11.3 Å². The summed E-state index contributed by atoms with van der Waals surface area (Å²) in [5.74, 6) is 0.502. The first-order valence-electron chi connectivity index (χ1n) is 9.08. The number of aldehydes is 1. The Morgan fingerprint density at radius 3 is 2.96 bits per heavy atom. The quantitative estimate of drug-likeness (QED) is 0.681. The summed E-state index contributed by atoms with van der Waals surface area (Å²) in [7, 11) is 0. The number of piperidine rings is 1. The topological polar surface area (TPSA) is 105 Å². The molecule has 0 bridgehead atoms. The van der Waals surface area contributed by atoms with Gasteiger partial charge in [-0.3, -0.25) is 14.2 Å². The molecule has 142 valence electrons. The fourth-order valence-electron chi connectivity index (χ4n) is 3.60. The van der Waals surface area contributed by atoms with Crippen molar-refractivity contribution in [3.63, 3.8) is 0 Å². The third kappa shape index (κ3) is 3.19. The second-order valence-corrected chi connectivity index (χ2v) is 7.79. The van der Waals surface area contributed by atoms with E-state index in [0.717, 1.165) is 31.2 Å². The number of hydrogen-bond acceptors (Lipinski definition) is 7. The van der Waals surface area contributed by atoms with Gasteiger partial charge in [0, 0.05) is 24.5 Å². The summed E-state index contributed by atoms with van der Waals surface area (Å²) < 4.78 is 2.04. The van der Waals surface area contributed by atoms with Gasteiger partial charge in [0.25, 0.3) is 5.56 Å². The van der Waals surface area contributed by atoms with Crippen LogP contribution in [0.25, 0.3) is 10.2 Å². The van der Waals surface area contributed by atoms with E-state index >= 15 is 0 Å². The third-order valence-corrected chi connectivity index (χ3v) is 5.99. The van der Waals surface area contributed by atoms with Crippen LogP contribution < -0.4 is 16.2 Å². The Hall–Kier alpha value is -3.02. The molecule has 28 heavy (non-hydrogen) atoms. The van der Waals surface area contributed by atoms with E-state index in [1.807, 2.05) is 17.0 Å². The van der Waals surface area contributed by atoms with Crippen molar-refractivity contribution in [3.8, 4) is 6.07 Å². The van der Waals surface area contributed by atoms with Gasteiger partial charge in [0.1, 0.15) is 10.2 Å². The molecule has 1 fully saturated rings. The highest BCUT2D eigenvalue weighted by molar-refractivity contribution is 7.17. The van der Waals surface area contributed by atoms with E-state index < -0.39 is 0 Å². The van der Waals surface area contributed by atoms with Gasteiger partial charge in [-0.05, 0) is 24.5 Å². The first kappa shape index (κ1) is 18.3. The fraction of sp³-hybridized carbons (Fsp3) is 0.300. The number of nitrogens with two attached hydrogens (primary N) is 1. The van der Waals surface area contributed by atoms with Crippen LogP contribution in [0.15, 0.2) is 34.4 Å². The highest BCUT2D eigenvalue weighted by atomic mass is 32.1. The summed E-state index contributed by atoms with van der Waals surface area (Å²) in [5.41, 5.74) is 8.07. The van der Waals surface area contributed by atoms with Crippen LogP contribution in [0.4, 0.5) is 5.95 Å². The molecule has 3 heterocycles. The number of rotatable bonds is 4. The highest BCUT2D eigenvalue weighted by Gasteiger charge is 2.24. The van der Waals surface area contributed by atoms with Crippen molar-refractivity contribution >= 4 is 33.8 Å². The van der Waals surface area contributed by atoms with Crippen LogP contribution in [0.1, 0.15) is 34.3 Å². The van der Waals surface area contributed by atoms with E-state index in [0.29, 0.717) is 33.8 Å². The number of benzene rings is 1. The molecule has 2 aromatic heterocycles. The molecular weight excluding hydrogens is 374 g/mol. The minimum Gasteiger partial charge on any atom is -0.341 e. The number of carbonyl (C=O) groups is 1. The molecule has 8 heteroatoms. The van der Waals surface area contributed by atoms with E-state index in [2.05, 4.69) is 6.07 Å². The number of aromatic nitrogens is 2. The van der Waals surface area contributed by atoms with Crippen molar-refractivity contribution in [2.24, 2.45) is 5.73 Å². The van der Waals surface area contributed by atoms with Crippen molar-refractivity contribution < 1.29 is 4.79 Å². The Balaban J connectivity index is 1.91. The standard InChI is InChI=1S/C20H19N5O2S/c21-8-13-4-1-2-5-14(13)9-25-19(27)18-17(15(11-26)12-28-18)23-20(25)24-7-3-6-16(22)10-24/h1-2,4-5,11-12,16H,3,6-7,9-10,22H2/t16-/m1/s1. The lowest BCUT2D eigenvalue weighted by Crippen LogP contribution is -2.45. The maximum absolute atomic E-state index is 13.3. The Bertz CT molecular complexity index is 1140. The summed E-state index contributed by atoms with van der Waals surface area (Å²) in [6.07, 6.45) is 2.57. The second-order valence-electron chi connectivity index (χ2n) is 6.91. The normalized spacial score (nSPS) is 16.9. The van der Waals surface area contributed by atoms with Crippen LogP contribution in [0.2, 0.25) is 0 Å². The smallest absolute Gasteiger partial charge is 0.273 e. The molecule has 2 N–H and O–H groups in total. The van der Waals surface area contributed by atoms with Crippen LogP contribution in [0, 0.1) is 11.3 Å². The van der Waals surface area contributed by atoms with Crippen molar-refractivity contribution in [2.75, 3.05) is 18.0 Å². The molecular formula is C20H19N5O2S. The van der Waals surface area contributed by atoms with E-state index in [9.17, 15) is 14.9 Å². The average molecular weight is 393 g/mol. The number of anilines is 1. The summed E-state index contributed by atoms with van der Waals surface area (Å²) in [4.78, 5) is 31.4. The van der Waals surface area contributed by atoms with Gasteiger partial charge >= 0.3 is 0 Å². The maximum Gasteiger partial charge on any atom is 0.273 e. The zero-order valence-electron chi connectivity index (χ0n) is 15.2. The molecule has 0 radical (unpaired) electrons. The molecule has 4 rings (SSSR count). The second kappa shape index (κ2) is 7.54. The van der Waals surface area contributed by atoms with E-state index in [-0.39, 0.29) is 18.1 Å². The number of nitrogens with zero attached hydrogens (tertiary/aromatic N) is 4. The van der Waals surface area contributed by atoms with Crippen molar-refractivity contribution in [3.05, 3.63) is 56.7 Å². The lowest BCUT2D eigenvalue weighted by molar-refractivity contribution is 0.112. The Morgan fingerprint density at radius 1 is 1.39 bits per heavy atom. The Morgan fingerprint density at radius 2 is 2.21 bits per heavy atom. The van der Waals surface area contributed by atoms with Crippen molar-refractivity contribution in [1.82, 2.24) is 9.55 Å². The maximum atomic E-state index is 13.3. The average Bonchev–Trinajstić information content (AvgIpc) is 3.13. The number of hydrogen-bond donors (Lipinski definition) is 1. The van der Waals surface area contributed by atoms with Crippen molar-refractivity contribution in [2.45, 2.75) is 25.4 Å². The first-order chi connectivity index (χ1) is 13.6. The molecule has 0 amide bonds. The Labute approximate surface area is 165 Å². The molecule has 0 spiro atoms. The SMILES string of the molecule is N#Cc1ccccc1Cn1c(N2CCC[C@@H](N)C2)nc2c(C=O)csc2c1=O. The van der Waals surface area contributed by atoms with E-state index in [4.69, 9.17) is 10.7 Å². The Kier molecular flexibility index (Phi) is 4.94. The van der Waals surface area contributed by atoms with Crippen LogP contribution in [-0.2, 0) is 6.54 Å². The molecule has 3 aromatic rings. The minimum absolute atomic E-state index is 0.00853. The van der Waals surface area contributed by atoms with Crippen molar-refractivity contribution in [1.29, 1.82) is 5.26 Å². The zero-order chi connectivity index (χ0) is 19.7. The van der Waals surface area contributed by atoms with E-state index in [1.54, 1.807) is 22.1 Å². The van der Waals surface area contributed by atoms with Gasteiger partial charge in [-0.25, -0.2) is 4.98 Å². The molecule has 0 saturated carbocycles. The van der Waals surface area contributed by atoms with Crippen LogP contribution in [-0.4, -0.2) is 35.0 Å². The first-order valence-corrected chi connectivity index (χ1v) is 9.96. The molecule has 0 unspecified atom stereocenters. The summed E-state index contributed by atoms with van der Waals surface area (Å²) in [6.45, 7) is 1.57. The summed E-state index contributed by atoms with van der Waals surface area (Å²) in [5, 5.41) is 11.1. The van der Waals surface area contributed by atoms with Gasteiger partial charge in [0.15, 0.2) is 6.29 Å². The van der Waals surface area contributed by atoms with Crippen LogP contribution in [0.5, 0.6) is 0 Å². The number of thiophene rings is 1. The van der Waals surface area contributed by atoms with Gasteiger partial charge < -0.3 is 10.6 Å². The van der Waals surface area contributed by atoms with Gasteiger partial charge in [0.2, 0.25) is 5.95 Å². The van der Waals surface area contributed by atoms with Gasteiger partial charge in [-0.2, -0.15) is 5.26 Å². The summed E-state index contributed by atoms with van der Waals surface area (Å²) in [6, 6.07) is 9.41. The number of nitriles is 1. The van der Waals surface area contributed by atoms with Crippen LogP contribution in [0.3, 0.4) is 0 Å². The third-order valence-electron chi connectivity index (χ3n) is 5.02. The molecule has 1 aromatic carbocycles. The summed E-state index contributed by atoms with van der Waals surface area (Å²) >= 11 is 1.22. The van der Waals surface area contributed by atoms with E-state index in [1.165, 1.54) is 11.3 Å². The molecule has 1 saturated heterocycles. The minimum atomic E-state index is -0.204. The fourth-order valence-corrected chi connectivity index (χ4v) is 4.50. The largest absolute Gasteiger partial charge is 0.341 e.